The van der Waals surface area contributed by atoms with Crippen LogP contribution in [0.4, 0.5) is 11.4 Å². The van der Waals surface area contributed by atoms with Crippen LogP contribution in [0.5, 0.6) is 0 Å². The number of benzene rings is 1. The third-order valence-electron chi connectivity index (χ3n) is 2.17. The minimum absolute atomic E-state index is 0.0619. The summed E-state index contributed by atoms with van der Waals surface area (Å²) in [6.45, 7) is 3.96. The van der Waals surface area contributed by atoms with Gasteiger partial charge in [0.1, 0.15) is 0 Å². The van der Waals surface area contributed by atoms with E-state index < -0.39 is 5.97 Å². The van der Waals surface area contributed by atoms with E-state index in [2.05, 4.69) is 0 Å². The molecule has 0 aliphatic rings. The van der Waals surface area contributed by atoms with Gasteiger partial charge in [-0.15, -0.1) is 0 Å². The van der Waals surface area contributed by atoms with Crippen LogP contribution in [0.2, 0.25) is 0 Å². The smallest absolute Gasteiger partial charge is 0.337 e. The van der Waals surface area contributed by atoms with Crippen molar-refractivity contribution >= 4 is 17.3 Å². The Hall–Kier alpha value is -1.71. The van der Waals surface area contributed by atoms with Crippen molar-refractivity contribution in [1.82, 2.24) is 0 Å². The summed E-state index contributed by atoms with van der Waals surface area (Å²) in [5.74, 6) is -0.815. The first-order chi connectivity index (χ1) is 6.45. The van der Waals surface area contributed by atoms with Gasteiger partial charge in [-0.1, -0.05) is 19.9 Å². The van der Waals surface area contributed by atoms with E-state index in [1.807, 2.05) is 13.8 Å². The fraction of sp³-hybridized carbons (Fsp3) is 0.300. The Morgan fingerprint density at radius 3 is 2.29 bits per heavy atom. The second-order valence-corrected chi connectivity index (χ2v) is 3.49. The zero-order valence-corrected chi connectivity index (χ0v) is 8.24. The van der Waals surface area contributed by atoms with E-state index in [9.17, 15) is 4.79 Å². The topological polar surface area (TPSA) is 89.3 Å². The number of carboxylic acid groups (broad SMARTS) is 1. The van der Waals surface area contributed by atoms with Gasteiger partial charge in [-0.2, -0.15) is 0 Å². The molecule has 0 aliphatic carbocycles. The summed E-state index contributed by atoms with van der Waals surface area (Å²) in [6, 6.07) is 3.20. The van der Waals surface area contributed by atoms with Gasteiger partial charge in [0.05, 0.1) is 16.9 Å². The van der Waals surface area contributed by atoms with Crippen LogP contribution in [0.25, 0.3) is 0 Å². The van der Waals surface area contributed by atoms with Crippen molar-refractivity contribution in [2.75, 3.05) is 11.5 Å². The highest BCUT2D eigenvalue weighted by Gasteiger charge is 2.14. The Morgan fingerprint density at radius 2 is 1.86 bits per heavy atom. The predicted octanol–water partition coefficient (Wildman–Crippen LogP) is 1.67. The van der Waals surface area contributed by atoms with Crippen molar-refractivity contribution in [3.05, 3.63) is 23.3 Å². The van der Waals surface area contributed by atoms with Crippen molar-refractivity contribution in [3.63, 3.8) is 0 Å². The number of nitrogens with two attached hydrogens (primary N) is 2. The molecule has 0 atom stereocenters. The van der Waals surface area contributed by atoms with Gasteiger partial charge >= 0.3 is 5.97 Å². The van der Waals surface area contributed by atoms with E-state index in [1.54, 1.807) is 6.07 Å². The highest BCUT2D eigenvalue weighted by atomic mass is 16.4. The highest BCUT2D eigenvalue weighted by molar-refractivity contribution is 5.97. The quantitative estimate of drug-likeness (QED) is 0.625. The first-order valence-corrected chi connectivity index (χ1v) is 4.36. The minimum Gasteiger partial charge on any atom is -0.478 e. The molecule has 0 spiro atoms. The van der Waals surface area contributed by atoms with E-state index in [0.717, 1.165) is 5.56 Å². The molecule has 76 valence electrons. The molecule has 0 fully saturated rings. The van der Waals surface area contributed by atoms with Crippen molar-refractivity contribution in [1.29, 1.82) is 0 Å². The molecule has 5 N–H and O–H groups in total. The number of aromatic carboxylic acids is 1. The monoisotopic (exact) mass is 194 g/mol. The summed E-state index contributed by atoms with van der Waals surface area (Å²) in [5.41, 5.74) is 12.8. The van der Waals surface area contributed by atoms with Gasteiger partial charge in [-0.05, 0) is 17.5 Å². The van der Waals surface area contributed by atoms with Crippen LogP contribution in [0.15, 0.2) is 12.1 Å². The van der Waals surface area contributed by atoms with Gasteiger partial charge in [-0.25, -0.2) is 4.79 Å². The number of carboxylic acids is 1. The molecule has 14 heavy (non-hydrogen) atoms. The van der Waals surface area contributed by atoms with Crippen molar-refractivity contribution < 1.29 is 9.90 Å². The maximum atomic E-state index is 10.7. The highest BCUT2D eigenvalue weighted by Crippen LogP contribution is 2.29. The fourth-order valence-electron chi connectivity index (χ4n) is 1.34. The molecule has 0 saturated heterocycles. The summed E-state index contributed by atoms with van der Waals surface area (Å²) in [4.78, 5) is 10.7. The first-order valence-electron chi connectivity index (χ1n) is 4.36. The molecule has 0 heterocycles. The Labute approximate surface area is 82.5 Å². The van der Waals surface area contributed by atoms with E-state index in [1.165, 1.54) is 6.07 Å². The molecule has 0 unspecified atom stereocenters. The molecular formula is C10H14N2O2. The van der Waals surface area contributed by atoms with Gasteiger partial charge in [0.2, 0.25) is 0 Å². The average Bonchev–Trinajstić information content (AvgIpc) is 2.08. The van der Waals surface area contributed by atoms with Crippen LogP contribution in [-0.2, 0) is 0 Å². The van der Waals surface area contributed by atoms with E-state index in [-0.39, 0.29) is 17.2 Å². The van der Waals surface area contributed by atoms with Crippen LogP contribution >= 0.6 is 0 Å². The number of rotatable bonds is 2. The molecule has 4 heteroatoms. The fourth-order valence-corrected chi connectivity index (χ4v) is 1.34. The molecule has 0 aromatic heterocycles. The normalized spacial score (nSPS) is 10.5. The number of carbonyl (C=O) groups is 1. The maximum Gasteiger partial charge on any atom is 0.337 e. The van der Waals surface area contributed by atoms with Crippen LogP contribution < -0.4 is 11.5 Å². The van der Waals surface area contributed by atoms with Crippen molar-refractivity contribution in [2.24, 2.45) is 0 Å². The molecule has 0 amide bonds. The molecule has 0 bridgehead atoms. The van der Waals surface area contributed by atoms with Crippen LogP contribution in [0.1, 0.15) is 35.7 Å². The lowest BCUT2D eigenvalue weighted by atomic mass is 9.98. The lowest BCUT2D eigenvalue weighted by molar-refractivity contribution is 0.0698. The third-order valence-corrected chi connectivity index (χ3v) is 2.17. The Morgan fingerprint density at radius 1 is 1.29 bits per heavy atom. The second-order valence-electron chi connectivity index (χ2n) is 3.49. The van der Waals surface area contributed by atoms with Crippen LogP contribution in [0.3, 0.4) is 0 Å². The minimum atomic E-state index is -1.05. The number of hydrogen-bond donors (Lipinski definition) is 3. The van der Waals surface area contributed by atoms with Crippen molar-refractivity contribution in [3.8, 4) is 0 Å². The Kier molecular flexibility index (Phi) is 2.65. The van der Waals surface area contributed by atoms with Crippen molar-refractivity contribution in [2.45, 2.75) is 19.8 Å². The van der Waals surface area contributed by atoms with Gasteiger partial charge in [0, 0.05) is 0 Å². The second kappa shape index (κ2) is 3.57. The zero-order valence-electron chi connectivity index (χ0n) is 8.24. The Balaban J connectivity index is 3.33. The number of hydrogen-bond acceptors (Lipinski definition) is 3. The molecule has 1 aromatic carbocycles. The van der Waals surface area contributed by atoms with Gasteiger partial charge in [0.15, 0.2) is 0 Å². The lowest BCUT2D eigenvalue weighted by Gasteiger charge is -2.12. The SMILES string of the molecule is CC(C)c1ccc(C(=O)O)c(N)c1N. The molecule has 1 rings (SSSR count). The molecule has 0 aliphatic heterocycles. The summed E-state index contributed by atoms with van der Waals surface area (Å²) in [6.07, 6.45) is 0. The van der Waals surface area contributed by atoms with Gasteiger partial charge < -0.3 is 16.6 Å². The summed E-state index contributed by atoms with van der Waals surface area (Å²) in [7, 11) is 0. The van der Waals surface area contributed by atoms with Crippen LogP contribution in [0, 0.1) is 0 Å². The molecule has 4 nitrogen and oxygen atoms in total. The predicted molar refractivity (Wildman–Crippen MR) is 56.3 cm³/mol. The van der Waals surface area contributed by atoms with E-state index >= 15 is 0 Å². The van der Waals surface area contributed by atoms with Gasteiger partial charge in [-0.3, -0.25) is 0 Å². The number of anilines is 2. The van der Waals surface area contributed by atoms with Gasteiger partial charge in [0.25, 0.3) is 0 Å². The molecule has 0 saturated carbocycles. The zero-order chi connectivity index (χ0) is 10.9. The lowest BCUT2D eigenvalue weighted by Crippen LogP contribution is -2.08. The largest absolute Gasteiger partial charge is 0.478 e. The maximum absolute atomic E-state index is 10.7. The molecule has 0 radical (unpaired) electrons. The first kappa shape index (κ1) is 10.4. The average molecular weight is 194 g/mol. The molecule has 1 aromatic rings. The van der Waals surface area contributed by atoms with E-state index in [4.69, 9.17) is 16.6 Å². The number of nitrogen functional groups attached to an aromatic ring is 2. The van der Waals surface area contributed by atoms with E-state index in [0.29, 0.717) is 5.69 Å². The summed E-state index contributed by atoms with van der Waals surface area (Å²) in [5, 5.41) is 8.78. The summed E-state index contributed by atoms with van der Waals surface area (Å²) < 4.78 is 0. The molecular weight excluding hydrogens is 180 g/mol. The standard InChI is InChI=1S/C10H14N2O2/c1-5(2)6-3-4-7(10(13)14)9(12)8(6)11/h3-5H,11-12H2,1-2H3,(H,13,14). The van der Waals surface area contributed by atoms with Crippen LogP contribution in [-0.4, -0.2) is 11.1 Å². The summed E-state index contributed by atoms with van der Waals surface area (Å²) >= 11 is 0. The third kappa shape index (κ3) is 1.64. The Bertz CT molecular complexity index is 373.